The summed E-state index contributed by atoms with van der Waals surface area (Å²) in [6.07, 6.45) is 6.47. The van der Waals surface area contributed by atoms with Gasteiger partial charge < -0.3 is 20.3 Å². The SMILES string of the molecule is C#Cc1ccccc1C(C(=O)NC(C)CCC)N(CC#N)C(=O)CNC(=O)OC(C)(C)C. The lowest BCUT2D eigenvalue weighted by atomic mass is 9.97. The number of hydrogen-bond acceptors (Lipinski definition) is 5. The predicted molar refractivity (Wildman–Crippen MR) is 121 cm³/mol. The van der Waals surface area contributed by atoms with Gasteiger partial charge in [-0.25, -0.2) is 4.79 Å². The second-order valence-electron chi connectivity index (χ2n) is 8.37. The molecule has 0 bridgehead atoms. The molecule has 172 valence electrons. The summed E-state index contributed by atoms with van der Waals surface area (Å²) in [5.74, 6) is 1.46. The fourth-order valence-corrected chi connectivity index (χ4v) is 3.11. The van der Waals surface area contributed by atoms with Crippen LogP contribution in [0.5, 0.6) is 0 Å². The van der Waals surface area contributed by atoms with Crippen LogP contribution in [-0.2, 0) is 14.3 Å². The molecule has 0 heterocycles. The summed E-state index contributed by atoms with van der Waals surface area (Å²) in [7, 11) is 0. The van der Waals surface area contributed by atoms with Crippen LogP contribution < -0.4 is 10.6 Å². The highest BCUT2D eigenvalue weighted by atomic mass is 16.6. The third kappa shape index (κ3) is 8.31. The Kier molecular flexibility index (Phi) is 10.2. The molecule has 8 nitrogen and oxygen atoms in total. The minimum absolute atomic E-state index is 0.132. The number of carbonyl (C=O) groups is 3. The van der Waals surface area contributed by atoms with Crippen molar-refractivity contribution in [3.8, 4) is 18.4 Å². The molecule has 0 radical (unpaired) electrons. The van der Waals surface area contributed by atoms with Crippen molar-refractivity contribution in [3.63, 3.8) is 0 Å². The number of nitrogens with one attached hydrogen (secondary N) is 2. The molecule has 0 spiro atoms. The minimum atomic E-state index is -1.13. The van der Waals surface area contributed by atoms with Gasteiger partial charge in [0.05, 0.1) is 6.07 Å². The van der Waals surface area contributed by atoms with Crippen LogP contribution >= 0.6 is 0 Å². The fourth-order valence-electron chi connectivity index (χ4n) is 3.11. The Morgan fingerprint density at radius 3 is 2.47 bits per heavy atom. The maximum Gasteiger partial charge on any atom is 0.408 e. The smallest absolute Gasteiger partial charge is 0.408 e. The number of alkyl carbamates (subject to hydrolysis) is 1. The molecule has 8 heteroatoms. The minimum Gasteiger partial charge on any atom is -0.444 e. The number of nitrogens with zero attached hydrogens (tertiary/aromatic N) is 2. The van der Waals surface area contributed by atoms with E-state index in [0.717, 1.165) is 17.7 Å². The lowest BCUT2D eigenvalue weighted by molar-refractivity contribution is -0.139. The van der Waals surface area contributed by atoms with Crippen LogP contribution in [0.15, 0.2) is 24.3 Å². The largest absolute Gasteiger partial charge is 0.444 e. The zero-order chi connectivity index (χ0) is 24.3. The molecular formula is C24H32N4O4. The second-order valence-corrected chi connectivity index (χ2v) is 8.37. The molecule has 1 aromatic rings. The van der Waals surface area contributed by atoms with Crippen molar-refractivity contribution in [1.82, 2.24) is 15.5 Å². The quantitative estimate of drug-likeness (QED) is 0.453. The Morgan fingerprint density at radius 1 is 1.25 bits per heavy atom. The van der Waals surface area contributed by atoms with Gasteiger partial charge in [-0.05, 0) is 45.7 Å². The summed E-state index contributed by atoms with van der Waals surface area (Å²) < 4.78 is 5.14. The maximum atomic E-state index is 13.2. The van der Waals surface area contributed by atoms with Gasteiger partial charge in [0.15, 0.2) is 0 Å². The van der Waals surface area contributed by atoms with Gasteiger partial charge >= 0.3 is 6.09 Å². The predicted octanol–water partition coefficient (Wildman–Crippen LogP) is 2.89. The third-order valence-electron chi connectivity index (χ3n) is 4.43. The Balaban J connectivity index is 3.25. The summed E-state index contributed by atoms with van der Waals surface area (Å²) in [5, 5.41) is 14.6. The highest BCUT2D eigenvalue weighted by molar-refractivity contribution is 5.91. The molecule has 2 atom stereocenters. The molecule has 1 rings (SSSR count). The van der Waals surface area contributed by atoms with Gasteiger partial charge in [0.2, 0.25) is 11.8 Å². The first-order chi connectivity index (χ1) is 15.0. The Bertz CT molecular complexity index is 892. The number of benzene rings is 1. The Hall–Kier alpha value is -3.52. The fraction of sp³-hybridized carbons (Fsp3) is 0.500. The molecule has 1 aromatic carbocycles. The Labute approximate surface area is 190 Å². The molecule has 0 saturated carbocycles. The summed E-state index contributed by atoms with van der Waals surface area (Å²) >= 11 is 0. The number of hydrogen-bond donors (Lipinski definition) is 2. The lowest BCUT2D eigenvalue weighted by Crippen LogP contribution is -2.49. The van der Waals surface area contributed by atoms with Gasteiger partial charge in [-0.3, -0.25) is 9.59 Å². The van der Waals surface area contributed by atoms with E-state index < -0.39 is 36.1 Å². The van der Waals surface area contributed by atoms with Crippen molar-refractivity contribution in [2.45, 2.75) is 65.1 Å². The maximum absolute atomic E-state index is 13.2. The van der Waals surface area contributed by atoms with E-state index >= 15 is 0 Å². The first-order valence-corrected chi connectivity index (χ1v) is 10.5. The van der Waals surface area contributed by atoms with Gasteiger partial charge in [-0.15, -0.1) is 6.42 Å². The van der Waals surface area contributed by atoms with E-state index in [1.165, 1.54) is 0 Å². The topological polar surface area (TPSA) is 112 Å². The first kappa shape index (κ1) is 26.5. The third-order valence-corrected chi connectivity index (χ3v) is 4.43. The van der Waals surface area contributed by atoms with E-state index in [-0.39, 0.29) is 12.6 Å². The van der Waals surface area contributed by atoms with Crippen LogP contribution in [-0.4, -0.2) is 47.5 Å². The molecule has 0 aromatic heterocycles. The molecular weight excluding hydrogens is 408 g/mol. The molecule has 32 heavy (non-hydrogen) atoms. The van der Waals surface area contributed by atoms with E-state index in [0.29, 0.717) is 11.1 Å². The second kappa shape index (κ2) is 12.4. The average Bonchev–Trinajstić information content (AvgIpc) is 2.70. The number of terminal acetylenes is 1. The van der Waals surface area contributed by atoms with Gasteiger partial charge in [0.25, 0.3) is 0 Å². The van der Waals surface area contributed by atoms with E-state index in [9.17, 15) is 19.6 Å². The summed E-state index contributed by atoms with van der Waals surface area (Å²) in [4.78, 5) is 39.3. The summed E-state index contributed by atoms with van der Waals surface area (Å²) in [5.41, 5.74) is 0.131. The first-order valence-electron chi connectivity index (χ1n) is 10.5. The van der Waals surface area contributed by atoms with Gasteiger partial charge in [0.1, 0.15) is 24.7 Å². The number of nitriles is 1. The van der Waals surface area contributed by atoms with Gasteiger partial charge in [-0.2, -0.15) is 5.26 Å². The normalized spacial score (nSPS) is 12.5. The van der Waals surface area contributed by atoms with E-state index in [1.54, 1.807) is 45.0 Å². The monoisotopic (exact) mass is 440 g/mol. The van der Waals surface area contributed by atoms with Crippen molar-refractivity contribution in [2.24, 2.45) is 0 Å². The summed E-state index contributed by atoms with van der Waals surface area (Å²) in [6, 6.07) is 7.42. The van der Waals surface area contributed by atoms with E-state index in [1.807, 2.05) is 19.9 Å². The molecule has 0 fully saturated rings. The molecule has 3 amide bonds. The van der Waals surface area contributed by atoms with Crippen molar-refractivity contribution in [2.75, 3.05) is 13.1 Å². The van der Waals surface area contributed by atoms with E-state index in [4.69, 9.17) is 11.2 Å². The molecule has 2 unspecified atom stereocenters. The average molecular weight is 441 g/mol. The van der Waals surface area contributed by atoms with Crippen LogP contribution in [0.3, 0.4) is 0 Å². The number of carbonyl (C=O) groups excluding carboxylic acids is 3. The number of rotatable bonds is 9. The molecule has 0 aliphatic heterocycles. The number of amides is 3. The molecule has 0 aliphatic rings. The number of ether oxygens (including phenoxy) is 1. The molecule has 0 aliphatic carbocycles. The van der Waals surface area contributed by atoms with Crippen molar-refractivity contribution >= 4 is 17.9 Å². The highest BCUT2D eigenvalue weighted by Crippen LogP contribution is 2.25. The van der Waals surface area contributed by atoms with Crippen LogP contribution in [0.2, 0.25) is 0 Å². The van der Waals surface area contributed by atoms with Gasteiger partial charge in [-0.1, -0.05) is 37.5 Å². The standard InChI is InChI=1S/C24H32N4O4/c1-7-11-17(3)27-22(30)21(19-13-10-9-12-18(19)8-2)28(15-14-25)20(29)16-26-23(31)32-24(4,5)6/h2,9-10,12-13,17,21H,7,11,15-16H2,1,3-6H3,(H,26,31)(H,27,30). The molecule has 2 N–H and O–H groups in total. The van der Waals surface area contributed by atoms with Gasteiger partial charge in [0, 0.05) is 11.6 Å². The van der Waals surface area contributed by atoms with E-state index in [2.05, 4.69) is 16.6 Å². The zero-order valence-electron chi connectivity index (χ0n) is 19.4. The van der Waals surface area contributed by atoms with Crippen molar-refractivity contribution in [1.29, 1.82) is 5.26 Å². The lowest BCUT2D eigenvalue weighted by Gasteiger charge is -2.31. The van der Waals surface area contributed by atoms with Crippen LogP contribution in [0, 0.1) is 23.7 Å². The summed E-state index contributed by atoms with van der Waals surface area (Å²) in [6.45, 7) is 8.16. The van der Waals surface area contributed by atoms with Crippen LogP contribution in [0.25, 0.3) is 0 Å². The van der Waals surface area contributed by atoms with Crippen LogP contribution in [0.4, 0.5) is 4.79 Å². The van der Waals surface area contributed by atoms with Crippen molar-refractivity contribution < 1.29 is 19.1 Å². The van der Waals surface area contributed by atoms with Crippen LogP contribution in [0.1, 0.15) is 64.6 Å². The Morgan fingerprint density at radius 2 is 1.91 bits per heavy atom. The zero-order valence-corrected chi connectivity index (χ0v) is 19.4. The molecule has 0 saturated heterocycles. The van der Waals surface area contributed by atoms with Crippen molar-refractivity contribution in [3.05, 3.63) is 35.4 Å². The highest BCUT2D eigenvalue weighted by Gasteiger charge is 2.33.